The quantitative estimate of drug-likeness (QED) is 0.353. The van der Waals surface area contributed by atoms with Gasteiger partial charge in [-0.2, -0.15) is 0 Å². The second kappa shape index (κ2) is 10.0. The van der Waals surface area contributed by atoms with Crippen molar-refractivity contribution in [1.29, 1.82) is 0 Å². The minimum Gasteiger partial charge on any atom is -0.357 e. The minimum absolute atomic E-state index is 0.280. The first-order valence-corrected chi connectivity index (χ1v) is 10.2. The molecule has 0 aliphatic heterocycles. The molecule has 0 radical (unpaired) electrons. The Morgan fingerprint density at radius 1 is 0.966 bits per heavy atom. The van der Waals surface area contributed by atoms with Crippen molar-refractivity contribution in [1.82, 2.24) is 16.2 Å². The number of rotatable bonds is 5. The lowest BCUT2D eigenvalue weighted by molar-refractivity contribution is 0.0942. The SMILES string of the molecule is O=C(NNC(=S)NCc1ccccc1)c1ccc(Cl)c(NC(=O)c2cccs2)c1. The van der Waals surface area contributed by atoms with Crippen molar-refractivity contribution in [3.05, 3.63) is 87.1 Å². The summed E-state index contributed by atoms with van der Waals surface area (Å²) in [5, 5.41) is 8.13. The van der Waals surface area contributed by atoms with Gasteiger partial charge in [0.25, 0.3) is 11.8 Å². The Hall–Kier alpha value is -2.94. The summed E-state index contributed by atoms with van der Waals surface area (Å²) in [7, 11) is 0. The molecule has 3 rings (SSSR count). The molecular formula is C20H17ClN4O2S2. The van der Waals surface area contributed by atoms with Gasteiger partial charge in [0.15, 0.2) is 5.11 Å². The molecule has 2 amide bonds. The molecule has 1 aromatic heterocycles. The molecule has 6 nitrogen and oxygen atoms in total. The van der Waals surface area contributed by atoms with E-state index in [9.17, 15) is 9.59 Å². The van der Waals surface area contributed by atoms with Crippen molar-refractivity contribution in [3.8, 4) is 0 Å². The van der Waals surface area contributed by atoms with E-state index in [1.54, 1.807) is 29.6 Å². The number of halogens is 1. The van der Waals surface area contributed by atoms with Crippen LogP contribution in [0.25, 0.3) is 0 Å². The second-order valence-electron chi connectivity index (χ2n) is 5.87. The van der Waals surface area contributed by atoms with Gasteiger partial charge in [0.2, 0.25) is 0 Å². The number of thiophene rings is 1. The zero-order chi connectivity index (χ0) is 20.6. The van der Waals surface area contributed by atoms with Crippen LogP contribution >= 0.6 is 35.2 Å². The molecule has 0 unspecified atom stereocenters. The molecule has 0 fully saturated rings. The summed E-state index contributed by atoms with van der Waals surface area (Å²) in [5.41, 5.74) is 6.89. The maximum Gasteiger partial charge on any atom is 0.269 e. The maximum absolute atomic E-state index is 12.4. The van der Waals surface area contributed by atoms with Crippen molar-refractivity contribution >= 4 is 57.8 Å². The molecule has 148 valence electrons. The van der Waals surface area contributed by atoms with Crippen LogP contribution in [0.4, 0.5) is 5.69 Å². The highest BCUT2D eigenvalue weighted by Gasteiger charge is 2.13. The number of hydrogen-bond acceptors (Lipinski definition) is 4. The van der Waals surface area contributed by atoms with E-state index in [2.05, 4.69) is 21.5 Å². The molecule has 9 heteroatoms. The summed E-state index contributed by atoms with van der Waals surface area (Å²) in [6.07, 6.45) is 0. The van der Waals surface area contributed by atoms with Crippen molar-refractivity contribution < 1.29 is 9.59 Å². The minimum atomic E-state index is -0.419. The third-order valence-electron chi connectivity index (χ3n) is 3.81. The molecule has 0 saturated heterocycles. The third kappa shape index (κ3) is 6.02. The van der Waals surface area contributed by atoms with E-state index in [-0.39, 0.29) is 11.0 Å². The number of nitrogens with one attached hydrogen (secondary N) is 4. The van der Waals surface area contributed by atoms with Gasteiger partial charge in [0.1, 0.15) is 0 Å². The van der Waals surface area contributed by atoms with Gasteiger partial charge in [-0.3, -0.25) is 20.4 Å². The first kappa shape index (κ1) is 20.8. The van der Waals surface area contributed by atoms with Gasteiger partial charge in [-0.1, -0.05) is 48.0 Å². The molecule has 3 aromatic rings. The summed E-state index contributed by atoms with van der Waals surface area (Å²) in [6.45, 7) is 0.530. The fourth-order valence-electron chi connectivity index (χ4n) is 2.36. The predicted octanol–water partition coefficient (Wildman–Crippen LogP) is 3.96. The van der Waals surface area contributed by atoms with Gasteiger partial charge in [-0.15, -0.1) is 11.3 Å². The van der Waals surface area contributed by atoms with Crippen LogP contribution in [-0.2, 0) is 6.54 Å². The van der Waals surface area contributed by atoms with Crippen LogP contribution in [0.15, 0.2) is 66.0 Å². The van der Waals surface area contributed by atoms with Gasteiger partial charge < -0.3 is 10.6 Å². The zero-order valence-corrected chi connectivity index (χ0v) is 17.5. The van der Waals surface area contributed by atoms with Gasteiger partial charge in [-0.05, 0) is 47.4 Å². The lowest BCUT2D eigenvalue weighted by atomic mass is 10.2. The van der Waals surface area contributed by atoms with E-state index in [1.165, 1.54) is 17.4 Å². The van der Waals surface area contributed by atoms with Gasteiger partial charge in [0.05, 0.1) is 15.6 Å². The van der Waals surface area contributed by atoms with Crippen molar-refractivity contribution in [2.24, 2.45) is 0 Å². The van der Waals surface area contributed by atoms with Crippen LogP contribution in [0.2, 0.25) is 5.02 Å². The average molecular weight is 445 g/mol. The lowest BCUT2D eigenvalue weighted by Crippen LogP contribution is -2.46. The fourth-order valence-corrected chi connectivity index (χ4v) is 3.27. The van der Waals surface area contributed by atoms with E-state index in [0.717, 1.165) is 5.56 Å². The molecule has 0 spiro atoms. The topological polar surface area (TPSA) is 82.3 Å². The molecule has 29 heavy (non-hydrogen) atoms. The summed E-state index contributed by atoms with van der Waals surface area (Å²) < 4.78 is 0. The standard InChI is InChI=1S/C20H17ClN4O2S2/c21-15-9-8-14(11-16(15)23-19(27)17-7-4-10-29-17)18(26)24-25-20(28)22-12-13-5-2-1-3-6-13/h1-11H,12H2,(H,23,27)(H,24,26)(H2,22,25,28). The number of hydrogen-bond donors (Lipinski definition) is 4. The Morgan fingerprint density at radius 2 is 1.76 bits per heavy atom. The molecule has 1 heterocycles. The van der Waals surface area contributed by atoms with E-state index in [1.807, 2.05) is 30.3 Å². The fraction of sp³-hybridized carbons (Fsp3) is 0.0500. The van der Waals surface area contributed by atoms with E-state index < -0.39 is 5.91 Å². The lowest BCUT2D eigenvalue weighted by Gasteiger charge is -2.13. The largest absolute Gasteiger partial charge is 0.357 e. The highest BCUT2D eigenvalue weighted by atomic mass is 35.5. The molecule has 2 aromatic carbocycles. The molecule has 0 atom stereocenters. The number of hydrazine groups is 1. The number of benzene rings is 2. The zero-order valence-electron chi connectivity index (χ0n) is 15.1. The van der Waals surface area contributed by atoms with Crippen LogP contribution in [-0.4, -0.2) is 16.9 Å². The van der Waals surface area contributed by atoms with Crippen LogP contribution in [0, 0.1) is 0 Å². The Labute approximate surface area is 182 Å². The molecule has 4 N–H and O–H groups in total. The Kier molecular flexibility index (Phi) is 7.18. The first-order valence-electron chi connectivity index (χ1n) is 8.55. The Morgan fingerprint density at radius 3 is 2.48 bits per heavy atom. The molecule has 0 aliphatic carbocycles. The van der Waals surface area contributed by atoms with Crippen molar-refractivity contribution in [2.75, 3.05) is 5.32 Å². The van der Waals surface area contributed by atoms with Crippen LogP contribution < -0.4 is 21.5 Å². The van der Waals surface area contributed by atoms with Gasteiger partial charge >= 0.3 is 0 Å². The highest BCUT2D eigenvalue weighted by molar-refractivity contribution is 7.80. The Bertz CT molecular complexity index is 1010. The normalized spacial score (nSPS) is 10.1. The predicted molar refractivity (Wildman–Crippen MR) is 120 cm³/mol. The van der Waals surface area contributed by atoms with Crippen molar-refractivity contribution in [3.63, 3.8) is 0 Å². The number of anilines is 1. The number of thiocarbonyl (C=S) groups is 1. The average Bonchev–Trinajstić information content (AvgIpc) is 3.28. The molecule has 0 aliphatic rings. The van der Waals surface area contributed by atoms with Crippen LogP contribution in [0.5, 0.6) is 0 Å². The summed E-state index contributed by atoms with van der Waals surface area (Å²) in [5.74, 6) is -0.707. The summed E-state index contributed by atoms with van der Waals surface area (Å²) in [6, 6.07) is 17.8. The molecule has 0 bridgehead atoms. The summed E-state index contributed by atoms with van der Waals surface area (Å²) >= 11 is 12.6. The van der Waals surface area contributed by atoms with Crippen LogP contribution in [0.3, 0.4) is 0 Å². The highest BCUT2D eigenvalue weighted by Crippen LogP contribution is 2.24. The number of carbonyl (C=O) groups is 2. The van der Waals surface area contributed by atoms with E-state index >= 15 is 0 Å². The first-order chi connectivity index (χ1) is 14.0. The number of amides is 2. The number of carbonyl (C=O) groups excluding carboxylic acids is 2. The summed E-state index contributed by atoms with van der Waals surface area (Å²) in [4.78, 5) is 25.1. The molecular weight excluding hydrogens is 428 g/mol. The smallest absolute Gasteiger partial charge is 0.269 e. The molecule has 0 saturated carbocycles. The van der Waals surface area contributed by atoms with Gasteiger partial charge in [-0.25, -0.2) is 0 Å². The van der Waals surface area contributed by atoms with Gasteiger partial charge in [0, 0.05) is 12.1 Å². The Balaban J connectivity index is 1.55. The van der Waals surface area contributed by atoms with E-state index in [4.69, 9.17) is 23.8 Å². The second-order valence-corrected chi connectivity index (χ2v) is 7.64. The van der Waals surface area contributed by atoms with E-state index in [0.29, 0.717) is 27.7 Å². The van der Waals surface area contributed by atoms with Crippen LogP contribution in [0.1, 0.15) is 25.6 Å². The third-order valence-corrected chi connectivity index (χ3v) is 5.25. The van der Waals surface area contributed by atoms with Crippen molar-refractivity contribution in [2.45, 2.75) is 6.54 Å². The maximum atomic E-state index is 12.4. The monoisotopic (exact) mass is 444 g/mol.